The highest BCUT2D eigenvalue weighted by Crippen LogP contribution is 2.52. The number of hydrogen-bond acceptors (Lipinski definition) is 7. The summed E-state index contributed by atoms with van der Waals surface area (Å²) in [6.07, 6.45) is 8.37. The predicted molar refractivity (Wildman–Crippen MR) is 112 cm³/mol. The van der Waals surface area contributed by atoms with Crippen molar-refractivity contribution in [3.05, 3.63) is 36.4 Å². The Kier molecular flexibility index (Phi) is 4.15. The van der Waals surface area contributed by atoms with Crippen LogP contribution in [-0.2, 0) is 19.2 Å². The molecule has 29 heavy (non-hydrogen) atoms. The van der Waals surface area contributed by atoms with Gasteiger partial charge in [0, 0.05) is 42.2 Å². The number of ether oxygens (including phenoxy) is 1. The molecule has 2 aliphatic rings. The molecule has 8 nitrogen and oxygen atoms in total. The molecule has 1 aliphatic heterocycles. The van der Waals surface area contributed by atoms with Crippen LogP contribution in [0.5, 0.6) is 0 Å². The Morgan fingerprint density at radius 2 is 2.17 bits per heavy atom. The second kappa shape index (κ2) is 6.50. The summed E-state index contributed by atoms with van der Waals surface area (Å²) in [5.41, 5.74) is 2.45. The quantitative estimate of drug-likeness (QED) is 0.682. The number of pyridine rings is 1. The lowest BCUT2D eigenvalue weighted by molar-refractivity contribution is 0.0985. The zero-order valence-corrected chi connectivity index (χ0v) is 17.3. The third-order valence-electron chi connectivity index (χ3n) is 6.01. The van der Waals surface area contributed by atoms with E-state index in [-0.39, 0.29) is 6.04 Å². The van der Waals surface area contributed by atoms with Crippen molar-refractivity contribution in [1.82, 2.24) is 19.9 Å². The molecule has 1 saturated carbocycles. The Morgan fingerprint density at radius 3 is 2.90 bits per heavy atom. The van der Waals surface area contributed by atoms with Gasteiger partial charge in [0.1, 0.15) is 5.82 Å². The fourth-order valence-corrected chi connectivity index (χ4v) is 5.50. The number of anilines is 1. The first-order chi connectivity index (χ1) is 13.9. The molecule has 2 atom stereocenters. The first-order valence-electron chi connectivity index (χ1n) is 9.78. The minimum atomic E-state index is -2.79. The van der Waals surface area contributed by atoms with Gasteiger partial charge >= 0.3 is 0 Å². The highest BCUT2D eigenvalue weighted by Gasteiger charge is 2.53. The van der Waals surface area contributed by atoms with Crippen LogP contribution < -0.4 is 4.90 Å². The first kappa shape index (κ1) is 18.5. The van der Waals surface area contributed by atoms with Gasteiger partial charge in [0.25, 0.3) is 0 Å². The largest absolute Gasteiger partial charge is 0.377 e. The average molecular weight is 413 g/mol. The molecule has 1 saturated heterocycles. The Labute approximate surface area is 169 Å². The molecule has 0 amide bonds. The van der Waals surface area contributed by atoms with Gasteiger partial charge in [-0.25, -0.2) is 14.2 Å². The van der Waals surface area contributed by atoms with Crippen LogP contribution in [-0.4, -0.2) is 56.2 Å². The zero-order chi connectivity index (χ0) is 20.2. The van der Waals surface area contributed by atoms with Crippen LogP contribution in [0.15, 0.2) is 30.7 Å². The van der Waals surface area contributed by atoms with Crippen molar-refractivity contribution in [2.24, 2.45) is 0 Å². The molecule has 5 rings (SSSR count). The van der Waals surface area contributed by atoms with Crippen molar-refractivity contribution >= 4 is 26.4 Å². The topological polar surface area (TPSA) is 108 Å². The van der Waals surface area contributed by atoms with Gasteiger partial charge in [-0.3, -0.25) is 9.76 Å². The summed E-state index contributed by atoms with van der Waals surface area (Å²) < 4.78 is 26.0. The SMILES string of the molecule is CC1COCCN1c1cc(C2(S(C)(=N)=O)CC2)nc(-c2cncc3[nH]ccc23)n1. The van der Waals surface area contributed by atoms with Crippen molar-refractivity contribution in [1.29, 1.82) is 4.78 Å². The third-order valence-corrected chi connectivity index (χ3v) is 8.12. The van der Waals surface area contributed by atoms with E-state index in [1.165, 1.54) is 6.26 Å². The number of aromatic amines is 1. The normalized spacial score (nSPS) is 23.1. The lowest BCUT2D eigenvalue weighted by Gasteiger charge is -2.34. The van der Waals surface area contributed by atoms with E-state index in [4.69, 9.17) is 19.5 Å². The summed E-state index contributed by atoms with van der Waals surface area (Å²) in [5, 5.41) is 0.992. The lowest BCUT2D eigenvalue weighted by Crippen LogP contribution is -2.44. The van der Waals surface area contributed by atoms with Crippen LogP contribution in [0.25, 0.3) is 22.3 Å². The Balaban J connectivity index is 1.72. The maximum Gasteiger partial charge on any atom is 0.164 e. The zero-order valence-electron chi connectivity index (χ0n) is 16.5. The lowest BCUT2D eigenvalue weighted by atomic mass is 10.1. The minimum Gasteiger partial charge on any atom is -0.377 e. The Hall–Kier alpha value is -2.52. The Morgan fingerprint density at radius 1 is 1.34 bits per heavy atom. The standard InChI is InChI=1S/C20H24N6O2S/c1-13-12-28-8-7-26(13)18-9-17(20(4-5-20)29(2,21)27)24-19(25-18)15-10-22-11-16-14(15)3-6-23-16/h3,6,9-11,13,21,23H,4-5,7-8,12H2,1-2H3. The number of aromatic nitrogens is 4. The van der Waals surface area contributed by atoms with E-state index in [0.717, 1.165) is 28.8 Å². The van der Waals surface area contributed by atoms with Crippen LogP contribution >= 0.6 is 0 Å². The summed E-state index contributed by atoms with van der Waals surface area (Å²) in [4.78, 5) is 19.4. The van der Waals surface area contributed by atoms with Crippen molar-refractivity contribution < 1.29 is 8.95 Å². The van der Waals surface area contributed by atoms with Crippen molar-refractivity contribution in [2.45, 2.75) is 30.6 Å². The molecule has 3 aromatic heterocycles. The second-order valence-electron chi connectivity index (χ2n) is 8.02. The van der Waals surface area contributed by atoms with Crippen LogP contribution in [0.1, 0.15) is 25.5 Å². The van der Waals surface area contributed by atoms with E-state index in [2.05, 4.69) is 21.8 Å². The van der Waals surface area contributed by atoms with Gasteiger partial charge < -0.3 is 14.6 Å². The van der Waals surface area contributed by atoms with Gasteiger partial charge in [0.2, 0.25) is 0 Å². The maximum absolute atomic E-state index is 12.8. The monoisotopic (exact) mass is 412 g/mol. The molecule has 152 valence electrons. The van der Waals surface area contributed by atoms with Gasteiger partial charge in [-0.1, -0.05) is 0 Å². The summed E-state index contributed by atoms with van der Waals surface area (Å²) in [6.45, 7) is 4.12. The maximum atomic E-state index is 12.8. The Bertz CT molecular complexity index is 1180. The first-order valence-corrected chi connectivity index (χ1v) is 11.7. The molecule has 2 fully saturated rings. The van der Waals surface area contributed by atoms with Crippen molar-refractivity contribution in [3.63, 3.8) is 0 Å². The number of hydrogen-bond donors (Lipinski definition) is 2. The van der Waals surface area contributed by atoms with E-state index in [9.17, 15) is 4.21 Å². The highest BCUT2D eigenvalue weighted by atomic mass is 32.2. The number of fused-ring (bicyclic) bond motifs is 1. The summed E-state index contributed by atoms with van der Waals surface area (Å²) in [5.74, 6) is 1.35. The third kappa shape index (κ3) is 3.00. The number of nitrogens with zero attached hydrogens (tertiary/aromatic N) is 4. The molecule has 0 aromatic carbocycles. The number of morpholine rings is 1. The number of nitrogens with one attached hydrogen (secondary N) is 2. The summed E-state index contributed by atoms with van der Waals surface area (Å²) >= 11 is 0. The van der Waals surface area contributed by atoms with Crippen molar-refractivity contribution in [3.8, 4) is 11.4 Å². The molecule has 1 aliphatic carbocycles. The molecule has 4 heterocycles. The van der Waals surface area contributed by atoms with Gasteiger partial charge in [-0.05, 0) is 25.8 Å². The van der Waals surface area contributed by atoms with Crippen LogP contribution in [0.2, 0.25) is 0 Å². The molecule has 0 spiro atoms. The molecular weight excluding hydrogens is 388 g/mol. The average Bonchev–Trinajstić information content (AvgIpc) is 3.39. The molecule has 2 unspecified atom stereocenters. The molecule has 9 heteroatoms. The number of H-pyrrole nitrogens is 1. The second-order valence-corrected chi connectivity index (χ2v) is 10.5. The molecule has 0 radical (unpaired) electrons. The summed E-state index contributed by atoms with van der Waals surface area (Å²) in [6, 6.07) is 4.10. The number of rotatable bonds is 4. The van der Waals surface area contributed by atoms with Gasteiger partial charge in [-0.2, -0.15) is 0 Å². The van der Waals surface area contributed by atoms with Crippen LogP contribution in [0.4, 0.5) is 5.82 Å². The van der Waals surface area contributed by atoms with Crippen LogP contribution in [0, 0.1) is 4.78 Å². The van der Waals surface area contributed by atoms with Gasteiger partial charge in [0.05, 0.1) is 51.1 Å². The fourth-order valence-electron chi connectivity index (χ4n) is 4.12. The van der Waals surface area contributed by atoms with E-state index in [0.29, 0.717) is 37.6 Å². The molecule has 2 N–H and O–H groups in total. The van der Waals surface area contributed by atoms with E-state index in [1.807, 2.05) is 18.3 Å². The predicted octanol–water partition coefficient (Wildman–Crippen LogP) is 2.91. The van der Waals surface area contributed by atoms with Gasteiger partial charge in [-0.15, -0.1) is 0 Å². The fraction of sp³-hybridized carbons (Fsp3) is 0.450. The minimum absolute atomic E-state index is 0.178. The van der Waals surface area contributed by atoms with E-state index < -0.39 is 14.5 Å². The molecule has 3 aromatic rings. The molecular formula is C20H24N6O2S. The highest BCUT2D eigenvalue weighted by molar-refractivity contribution is 7.92. The molecule has 0 bridgehead atoms. The summed E-state index contributed by atoms with van der Waals surface area (Å²) in [7, 11) is -2.79. The van der Waals surface area contributed by atoms with Gasteiger partial charge in [0.15, 0.2) is 5.82 Å². The van der Waals surface area contributed by atoms with E-state index in [1.54, 1.807) is 12.4 Å². The van der Waals surface area contributed by atoms with Crippen LogP contribution in [0.3, 0.4) is 0 Å². The van der Waals surface area contributed by atoms with E-state index >= 15 is 0 Å². The smallest absolute Gasteiger partial charge is 0.164 e. The van der Waals surface area contributed by atoms with Crippen molar-refractivity contribution in [2.75, 3.05) is 30.9 Å².